The molecule has 128 valence electrons. The Hall–Kier alpha value is -2.66. The molecule has 0 aliphatic carbocycles. The number of carbonyl (C=O) groups excluding carboxylic acids is 2. The third kappa shape index (κ3) is 4.25. The number of esters is 1. The van der Waals surface area contributed by atoms with Gasteiger partial charge in [-0.15, -0.1) is 11.3 Å². The number of rotatable bonds is 5. The van der Waals surface area contributed by atoms with E-state index in [1.807, 2.05) is 55.5 Å². The summed E-state index contributed by atoms with van der Waals surface area (Å²) in [4.78, 5) is 26.4. The lowest BCUT2D eigenvalue weighted by atomic mass is 10.1. The predicted octanol–water partition coefficient (Wildman–Crippen LogP) is 4.03. The molecule has 2 aromatic carbocycles. The highest BCUT2D eigenvalue weighted by Crippen LogP contribution is 2.25. The highest BCUT2D eigenvalue weighted by molar-refractivity contribution is 7.20. The summed E-state index contributed by atoms with van der Waals surface area (Å²) < 4.78 is 6.20. The van der Waals surface area contributed by atoms with E-state index in [4.69, 9.17) is 4.74 Å². The Bertz CT molecular complexity index is 866. The van der Waals surface area contributed by atoms with E-state index in [0.29, 0.717) is 11.4 Å². The van der Waals surface area contributed by atoms with Crippen molar-refractivity contribution in [3.63, 3.8) is 0 Å². The van der Waals surface area contributed by atoms with Crippen LogP contribution in [0.2, 0.25) is 0 Å². The monoisotopic (exact) mass is 353 g/mol. The number of ether oxygens (including phenoxy) is 1. The van der Waals surface area contributed by atoms with Gasteiger partial charge >= 0.3 is 5.97 Å². The number of amides is 1. The summed E-state index contributed by atoms with van der Waals surface area (Å²) in [5.41, 5.74) is 2.22. The summed E-state index contributed by atoms with van der Waals surface area (Å²) in [6.45, 7) is 2.25. The minimum absolute atomic E-state index is 0.227. The molecule has 4 nitrogen and oxygen atoms in total. The molecule has 0 N–H and O–H groups in total. The van der Waals surface area contributed by atoms with Gasteiger partial charge in [0, 0.05) is 18.3 Å². The van der Waals surface area contributed by atoms with Crippen LogP contribution in [0.15, 0.2) is 54.6 Å². The van der Waals surface area contributed by atoms with Crippen LogP contribution in [-0.2, 0) is 16.1 Å². The van der Waals surface area contributed by atoms with E-state index in [1.54, 1.807) is 18.0 Å². The molecule has 1 amide bonds. The highest BCUT2D eigenvalue weighted by atomic mass is 32.1. The van der Waals surface area contributed by atoms with Crippen LogP contribution in [0.3, 0.4) is 0 Å². The van der Waals surface area contributed by atoms with Crippen LogP contribution in [-0.4, -0.2) is 30.4 Å². The van der Waals surface area contributed by atoms with Gasteiger partial charge in [-0.3, -0.25) is 4.79 Å². The lowest BCUT2D eigenvalue weighted by molar-refractivity contribution is -0.133. The summed E-state index contributed by atoms with van der Waals surface area (Å²) in [7, 11) is 1.70. The summed E-state index contributed by atoms with van der Waals surface area (Å²) in [5, 5.41) is 1.00. The largest absolute Gasteiger partial charge is 0.451 e. The molecule has 0 aliphatic heterocycles. The first kappa shape index (κ1) is 17.2. The van der Waals surface area contributed by atoms with Crippen LogP contribution in [0.1, 0.15) is 20.8 Å². The number of thiophene rings is 1. The fraction of sp³-hybridized carbons (Fsp3) is 0.200. The molecular weight excluding hydrogens is 334 g/mol. The molecule has 0 atom stereocenters. The van der Waals surface area contributed by atoms with Crippen LogP contribution in [0.4, 0.5) is 0 Å². The molecule has 3 aromatic rings. The molecule has 1 heterocycles. The standard InChI is InChI=1S/C20H19NO3S/c1-14-7-9-15(10-8-14)12-21(2)19(22)13-24-20(23)18-11-16-5-3-4-6-17(16)25-18/h3-11H,12-13H2,1-2H3. The molecule has 0 radical (unpaired) electrons. The van der Waals surface area contributed by atoms with Crippen molar-refractivity contribution in [2.45, 2.75) is 13.5 Å². The van der Waals surface area contributed by atoms with Crippen molar-refractivity contribution in [2.75, 3.05) is 13.7 Å². The van der Waals surface area contributed by atoms with Gasteiger partial charge in [-0.05, 0) is 30.0 Å². The van der Waals surface area contributed by atoms with Gasteiger partial charge in [0.15, 0.2) is 6.61 Å². The van der Waals surface area contributed by atoms with Gasteiger partial charge in [0.25, 0.3) is 5.91 Å². The maximum Gasteiger partial charge on any atom is 0.348 e. The minimum atomic E-state index is -0.460. The topological polar surface area (TPSA) is 46.6 Å². The summed E-state index contributed by atoms with van der Waals surface area (Å²) in [6.07, 6.45) is 0. The number of fused-ring (bicyclic) bond motifs is 1. The average Bonchev–Trinajstić information content (AvgIpc) is 3.05. The first-order valence-electron chi connectivity index (χ1n) is 7.98. The number of carbonyl (C=O) groups is 2. The summed E-state index contributed by atoms with van der Waals surface area (Å²) in [5.74, 6) is -0.687. The molecule has 1 aromatic heterocycles. The second-order valence-corrected chi connectivity index (χ2v) is 7.04. The molecular formula is C20H19NO3S. The quantitative estimate of drug-likeness (QED) is 0.651. The smallest absolute Gasteiger partial charge is 0.348 e. The predicted molar refractivity (Wildman–Crippen MR) is 99.8 cm³/mol. The maximum absolute atomic E-state index is 12.2. The molecule has 3 rings (SSSR count). The summed E-state index contributed by atoms with van der Waals surface area (Å²) >= 11 is 1.37. The Kier molecular flexibility index (Phi) is 5.14. The molecule has 0 unspecified atom stereocenters. The third-order valence-electron chi connectivity index (χ3n) is 3.92. The van der Waals surface area contributed by atoms with E-state index in [1.165, 1.54) is 16.9 Å². The van der Waals surface area contributed by atoms with Crippen molar-refractivity contribution in [3.8, 4) is 0 Å². The number of benzene rings is 2. The van der Waals surface area contributed by atoms with Crippen molar-refractivity contribution >= 4 is 33.3 Å². The van der Waals surface area contributed by atoms with Gasteiger partial charge in [0.05, 0.1) is 0 Å². The Labute approximate surface area is 150 Å². The second-order valence-electron chi connectivity index (χ2n) is 5.96. The van der Waals surface area contributed by atoms with Gasteiger partial charge in [-0.2, -0.15) is 0 Å². The molecule has 0 fully saturated rings. The van der Waals surface area contributed by atoms with Crippen molar-refractivity contribution in [2.24, 2.45) is 0 Å². The number of aryl methyl sites for hydroxylation is 1. The Morgan fingerprint density at radius 1 is 1.08 bits per heavy atom. The Morgan fingerprint density at radius 2 is 1.80 bits per heavy atom. The first-order chi connectivity index (χ1) is 12.0. The first-order valence-corrected chi connectivity index (χ1v) is 8.80. The SMILES string of the molecule is Cc1ccc(CN(C)C(=O)COC(=O)c2cc3ccccc3s2)cc1. The molecule has 25 heavy (non-hydrogen) atoms. The normalized spacial score (nSPS) is 10.6. The van der Waals surface area contributed by atoms with Gasteiger partial charge in [-0.1, -0.05) is 48.0 Å². The zero-order valence-electron chi connectivity index (χ0n) is 14.2. The van der Waals surface area contributed by atoms with E-state index >= 15 is 0 Å². The van der Waals surface area contributed by atoms with Crippen LogP contribution in [0.25, 0.3) is 10.1 Å². The third-order valence-corrected chi connectivity index (χ3v) is 5.02. The lowest BCUT2D eigenvalue weighted by Gasteiger charge is -2.17. The maximum atomic E-state index is 12.2. The second kappa shape index (κ2) is 7.49. The minimum Gasteiger partial charge on any atom is -0.451 e. The van der Waals surface area contributed by atoms with Gasteiger partial charge in [0.2, 0.25) is 0 Å². The van der Waals surface area contributed by atoms with Crippen molar-refractivity contribution in [1.29, 1.82) is 0 Å². The summed E-state index contributed by atoms with van der Waals surface area (Å²) in [6, 6.07) is 17.5. The Morgan fingerprint density at radius 3 is 2.52 bits per heavy atom. The van der Waals surface area contributed by atoms with Crippen molar-refractivity contribution in [1.82, 2.24) is 4.90 Å². The number of hydrogen-bond donors (Lipinski definition) is 0. The molecule has 0 saturated carbocycles. The van der Waals surface area contributed by atoms with E-state index in [0.717, 1.165) is 15.6 Å². The van der Waals surface area contributed by atoms with Crippen molar-refractivity contribution < 1.29 is 14.3 Å². The van der Waals surface area contributed by atoms with E-state index in [2.05, 4.69) is 0 Å². The van der Waals surface area contributed by atoms with E-state index < -0.39 is 5.97 Å². The molecule has 0 spiro atoms. The van der Waals surface area contributed by atoms with Crippen LogP contribution >= 0.6 is 11.3 Å². The fourth-order valence-corrected chi connectivity index (χ4v) is 3.40. The highest BCUT2D eigenvalue weighted by Gasteiger charge is 2.15. The van der Waals surface area contributed by atoms with Gasteiger partial charge in [0.1, 0.15) is 4.88 Å². The van der Waals surface area contributed by atoms with Crippen LogP contribution in [0.5, 0.6) is 0 Å². The number of hydrogen-bond acceptors (Lipinski definition) is 4. The fourth-order valence-electron chi connectivity index (χ4n) is 2.45. The van der Waals surface area contributed by atoms with Crippen molar-refractivity contribution in [3.05, 3.63) is 70.6 Å². The average molecular weight is 353 g/mol. The van der Waals surface area contributed by atoms with Crippen LogP contribution < -0.4 is 0 Å². The number of likely N-dealkylation sites (N-methyl/N-ethyl adjacent to an activating group) is 1. The molecule has 5 heteroatoms. The number of nitrogens with zero attached hydrogens (tertiary/aromatic N) is 1. The lowest BCUT2D eigenvalue weighted by Crippen LogP contribution is -2.30. The molecule has 0 bridgehead atoms. The zero-order chi connectivity index (χ0) is 17.8. The zero-order valence-corrected chi connectivity index (χ0v) is 15.0. The Balaban J connectivity index is 1.55. The van der Waals surface area contributed by atoms with Crippen LogP contribution in [0, 0.1) is 6.92 Å². The molecule has 0 saturated heterocycles. The van der Waals surface area contributed by atoms with E-state index in [-0.39, 0.29) is 12.5 Å². The van der Waals surface area contributed by atoms with E-state index in [9.17, 15) is 9.59 Å². The van der Waals surface area contributed by atoms with Gasteiger partial charge in [-0.25, -0.2) is 4.79 Å². The molecule has 0 aliphatic rings. The van der Waals surface area contributed by atoms with Gasteiger partial charge < -0.3 is 9.64 Å².